The summed E-state index contributed by atoms with van der Waals surface area (Å²) in [5.41, 5.74) is 1.02. The van der Waals surface area contributed by atoms with Crippen LogP contribution in [0.25, 0.3) is 0 Å². The van der Waals surface area contributed by atoms with Crippen molar-refractivity contribution in [3.05, 3.63) is 66.0 Å². The Morgan fingerprint density at radius 1 is 1.22 bits per heavy atom. The molecule has 0 saturated carbocycles. The number of nitrogens with one attached hydrogen (secondary N) is 2. The van der Waals surface area contributed by atoms with Crippen LogP contribution >= 0.6 is 0 Å². The predicted octanol–water partition coefficient (Wildman–Crippen LogP) is 1.30. The van der Waals surface area contributed by atoms with Crippen LogP contribution in [0.5, 0.6) is 0 Å². The number of carbonyl (C=O) groups excluding carboxylic acids is 1. The molecule has 2 N–H and O–H groups in total. The molecule has 1 unspecified atom stereocenters. The van der Waals surface area contributed by atoms with Gasteiger partial charge in [-0.3, -0.25) is 9.78 Å². The summed E-state index contributed by atoms with van der Waals surface area (Å²) in [6.45, 7) is 2.26. The Kier molecular flexibility index (Phi) is 5.00. The molecule has 1 fully saturated rings. The van der Waals surface area contributed by atoms with Gasteiger partial charge in [-0.05, 0) is 17.7 Å². The van der Waals surface area contributed by atoms with Crippen molar-refractivity contribution in [1.29, 1.82) is 0 Å². The summed E-state index contributed by atoms with van der Waals surface area (Å²) in [7, 11) is 0. The third kappa shape index (κ3) is 3.94. The second kappa shape index (κ2) is 7.35. The van der Waals surface area contributed by atoms with E-state index in [1.807, 2.05) is 48.5 Å². The largest absolute Gasteiger partial charge is 0.362 e. The normalized spacial score (nSPS) is 20.9. The number of amides is 1. The summed E-state index contributed by atoms with van der Waals surface area (Å²) >= 11 is 0. The Hall–Kier alpha value is -2.24. The Balaban J connectivity index is 1.71. The second-order valence-corrected chi connectivity index (χ2v) is 5.69. The predicted molar refractivity (Wildman–Crippen MR) is 87.8 cm³/mol. The molecule has 1 aliphatic heterocycles. The molecule has 5 heteroatoms. The fourth-order valence-corrected chi connectivity index (χ4v) is 2.73. The van der Waals surface area contributed by atoms with Crippen molar-refractivity contribution in [2.45, 2.75) is 18.6 Å². The number of rotatable bonds is 5. The quantitative estimate of drug-likeness (QED) is 0.874. The lowest BCUT2D eigenvalue weighted by Gasteiger charge is -2.36. The Bertz CT molecular complexity index is 625. The van der Waals surface area contributed by atoms with Crippen LogP contribution in [0.15, 0.2) is 54.7 Å². The number of morpholine rings is 1. The highest BCUT2D eigenvalue weighted by atomic mass is 16.5. The summed E-state index contributed by atoms with van der Waals surface area (Å²) in [6.07, 6.45) is 2.20. The van der Waals surface area contributed by atoms with Gasteiger partial charge in [-0.25, -0.2) is 0 Å². The highest BCUT2D eigenvalue weighted by Crippen LogP contribution is 2.19. The molecule has 0 aliphatic carbocycles. The van der Waals surface area contributed by atoms with Crippen LogP contribution in [-0.4, -0.2) is 36.2 Å². The molecule has 120 valence electrons. The summed E-state index contributed by atoms with van der Waals surface area (Å²) in [5, 5.41) is 6.26. The maximum absolute atomic E-state index is 12.8. The molecule has 3 rings (SSSR count). The molecule has 2 heterocycles. The molecule has 0 spiro atoms. The zero-order valence-electron chi connectivity index (χ0n) is 13.0. The average molecular weight is 311 g/mol. The van der Waals surface area contributed by atoms with Crippen molar-refractivity contribution >= 4 is 5.91 Å². The van der Waals surface area contributed by atoms with Gasteiger partial charge in [0.25, 0.3) is 5.91 Å². The molecular formula is C18H21N3O2. The number of aromatic nitrogens is 1. The van der Waals surface area contributed by atoms with Gasteiger partial charge < -0.3 is 15.4 Å². The fraction of sp³-hybridized carbons (Fsp3) is 0.333. The third-order valence-electron chi connectivity index (χ3n) is 3.97. The van der Waals surface area contributed by atoms with Crippen molar-refractivity contribution in [3.8, 4) is 0 Å². The number of hydrogen-bond donors (Lipinski definition) is 2. The van der Waals surface area contributed by atoms with Crippen molar-refractivity contribution in [3.63, 3.8) is 0 Å². The second-order valence-electron chi connectivity index (χ2n) is 5.69. The van der Waals surface area contributed by atoms with Crippen LogP contribution in [0, 0.1) is 0 Å². The Morgan fingerprint density at radius 3 is 2.74 bits per heavy atom. The molecule has 5 nitrogen and oxygen atoms in total. The van der Waals surface area contributed by atoms with Crippen LogP contribution in [0.3, 0.4) is 0 Å². The van der Waals surface area contributed by atoms with Crippen molar-refractivity contribution in [2.24, 2.45) is 0 Å². The Morgan fingerprint density at radius 2 is 2.04 bits per heavy atom. The van der Waals surface area contributed by atoms with Crippen molar-refractivity contribution in [1.82, 2.24) is 15.6 Å². The minimum atomic E-state index is -0.901. The number of nitrogens with zero attached hydrogens (tertiary/aromatic N) is 1. The molecule has 1 aromatic carbocycles. The van der Waals surface area contributed by atoms with E-state index in [9.17, 15) is 4.79 Å². The van der Waals surface area contributed by atoms with Crippen LogP contribution in [0.4, 0.5) is 0 Å². The van der Waals surface area contributed by atoms with Gasteiger partial charge in [-0.1, -0.05) is 36.4 Å². The van der Waals surface area contributed by atoms with Crippen molar-refractivity contribution < 1.29 is 9.53 Å². The van der Waals surface area contributed by atoms with Gasteiger partial charge in [0.15, 0.2) is 5.60 Å². The van der Waals surface area contributed by atoms with E-state index >= 15 is 0 Å². The van der Waals surface area contributed by atoms with Crippen molar-refractivity contribution in [2.75, 3.05) is 19.7 Å². The summed E-state index contributed by atoms with van der Waals surface area (Å²) in [4.78, 5) is 17.1. The minimum absolute atomic E-state index is 0.0980. The van der Waals surface area contributed by atoms with Crippen LogP contribution < -0.4 is 10.6 Å². The van der Waals surface area contributed by atoms with Crippen LogP contribution in [0.1, 0.15) is 11.3 Å². The van der Waals surface area contributed by atoms with E-state index in [0.717, 1.165) is 17.8 Å². The standard InChI is InChI=1S/C18H21N3O2/c22-17(21-13-15-6-2-1-3-7-15)18(14-19-10-11-23-18)12-16-8-4-5-9-20-16/h1-9,19H,10-14H2,(H,21,22). The van der Waals surface area contributed by atoms with Crippen LogP contribution in [0.2, 0.25) is 0 Å². The maximum Gasteiger partial charge on any atom is 0.254 e. The maximum atomic E-state index is 12.8. The molecule has 1 aliphatic rings. The van der Waals surface area contributed by atoms with E-state index in [1.54, 1.807) is 6.20 Å². The molecule has 1 atom stereocenters. The van der Waals surface area contributed by atoms with Gasteiger partial charge in [0.2, 0.25) is 0 Å². The molecule has 0 radical (unpaired) electrons. The first-order valence-corrected chi connectivity index (χ1v) is 7.85. The van der Waals surface area contributed by atoms with E-state index < -0.39 is 5.60 Å². The number of carbonyl (C=O) groups is 1. The van der Waals surface area contributed by atoms with Gasteiger partial charge in [0.1, 0.15) is 0 Å². The van der Waals surface area contributed by atoms with E-state index in [1.165, 1.54) is 0 Å². The zero-order chi connectivity index (χ0) is 16.0. The number of pyridine rings is 1. The minimum Gasteiger partial charge on any atom is -0.362 e. The number of hydrogen-bond acceptors (Lipinski definition) is 4. The van der Waals surface area contributed by atoms with E-state index in [2.05, 4.69) is 15.6 Å². The van der Waals surface area contributed by atoms with E-state index in [4.69, 9.17) is 4.74 Å². The molecule has 1 aromatic heterocycles. The number of benzene rings is 1. The summed E-state index contributed by atoms with van der Waals surface area (Å²) < 4.78 is 5.91. The lowest BCUT2D eigenvalue weighted by molar-refractivity contribution is -0.151. The Labute approximate surface area is 136 Å². The third-order valence-corrected chi connectivity index (χ3v) is 3.97. The van der Waals surface area contributed by atoms with Gasteiger partial charge in [0.05, 0.1) is 6.61 Å². The van der Waals surface area contributed by atoms with Crippen LogP contribution in [-0.2, 0) is 22.5 Å². The SMILES string of the molecule is O=C(NCc1ccccc1)C1(Cc2ccccn2)CNCCO1. The number of ether oxygens (including phenoxy) is 1. The topological polar surface area (TPSA) is 63.2 Å². The monoisotopic (exact) mass is 311 g/mol. The highest BCUT2D eigenvalue weighted by Gasteiger charge is 2.41. The molecule has 1 amide bonds. The zero-order valence-corrected chi connectivity index (χ0v) is 13.0. The lowest BCUT2D eigenvalue weighted by Crippen LogP contribution is -2.60. The molecule has 2 aromatic rings. The first-order chi connectivity index (χ1) is 11.3. The van der Waals surface area contributed by atoms with Gasteiger partial charge >= 0.3 is 0 Å². The van der Waals surface area contributed by atoms with Gasteiger partial charge in [-0.2, -0.15) is 0 Å². The first-order valence-electron chi connectivity index (χ1n) is 7.85. The van der Waals surface area contributed by atoms with Gasteiger partial charge in [-0.15, -0.1) is 0 Å². The molecule has 0 bridgehead atoms. The van der Waals surface area contributed by atoms with E-state index in [-0.39, 0.29) is 5.91 Å². The summed E-state index contributed by atoms with van der Waals surface area (Å²) in [5.74, 6) is -0.0980. The smallest absolute Gasteiger partial charge is 0.254 e. The van der Waals surface area contributed by atoms with Gasteiger partial charge in [0, 0.05) is 37.9 Å². The first kappa shape index (κ1) is 15.6. The summed E-state index contributed by atoms with van der Waals surface area (Å²) in [6, 6.07) is 15.6. The van der Waals surface area contributed by atoms with E-state index in [0.29, 0.717) is 26.1 Å². The molecule has 23 heavy (non-hydrogen) atoms. The highest BCUT2D eigenvalue weighted by molar-refractivity contribution is 5.86. The molecule has 1 saturated heterocycles. The fourth-order valence-electron chi connectivity index (χ4n) is 2.73. The lowest BCUT2D eigenvalue weighted by atomic mass is 9.94. The average Bonchev–Trinajstić information content (AvgIpc) is 2.62. The molecular weight excluding hydrogens is 290 g/mol.